The maximum atomic E-state index is 13.8. The van der Waals surface area contributed by atoms with Gasteiger partial charge in [-0.2, -0.15) is 0 Å². The van der Waals surface area contributed by atoms with Crippen molar-refractivity contribution in [3.05, 3.63) is 29.6 Å². The molecule has 1 aromatic carbocycles. The predicted octanol–water partition coefficient (Wildman–Crippen LogP) is 1.87. The van der Waals surface area contributed by atoms with Gasteiger partial charge in [0.25, 0.3) is 5.91 Å². The number of hydrogen-bond donors (Lipinski definition) is 1. The van der Waals surface area contributed by atoms with Crippen LogP contribution in [-0.4, -0.2) is 30.8 Å². The van der Waals surface area contributed by atoms with Crippen molar-refractivity contribution in [1.82, 2.24) is 5.32 Å². The van der Waals surface area contributed by atoms with Crippen LogP contribution in [0.3, 0.4) is 0 Å². The van der Waals surface area contributed by atoms with Crippen LogP contribution in [0.5, 0.6) is 0 Å². The molecule has 6 heteroatoms. The molecule has 0 spiro atoms. The maximum absolute atomic E-state index is 13.8. The average molecular weight is 293 g/mol. The fraction of sp³-hybridized carbons (Fsp3) is 0.533. The highest BCUT2D eigenvalue weighted by molar-refractivity contribution is 6.62. The maximum Gasteiger partial charge on any atom is 0.494 e. The summed E-state index contributed by atoms with van der Waals surface area (Å²) in [7, 11) is -0.682. The Morgan fingerprint density at radius 1 is 1.19 bits per heavy atom. The van der Waals surface area contributed by atoms with E-state index in [1.54, 1.807) is 6.07 Å². The molecule has 1 aliphatic rings. The standard InChI is InChI=1S/C15H21BFNO3/c1-6-18-13(19)10-7-11(9-12(17)8-10)16-20-14(2,3)15(4,5)21-16/h7-9H,6H2,1-5H3,(H,18,19). The summed E-state index contributed by atoms with van der Waals surface area (Å²) >= 11 is 0. The molecule has 1 N–H and O–H groups in total. The summed E-state index contributed by atoms with van der Waals surface area (Å²) in [5, 5.41) is 2.65. The van der Waals surface area contributed by atoms with E-state index in [2.05, 4.69) is 5.32 Å². The van der Waals surface area contributed by atoms with E-state index in [4.69, 9.17) is 9.31 Å². The molecule has 0 aliphatic carbocycles. The second kappa shape index (κ2) is 5.42. The molecule has 1 aromatic rings. The Hall–Kier alpha value is -1.40. The number of halogens is 1. The van der Waals surface area contributed by atoms with Crippen LogP contribution in [0.25, 0.3) is 0 Å². The lowest BCUT2D eigenvalue weighted by Gasteiger charge is -2.32. The fourth-order valence-corrected chi connectivity index (χ4v) is 2.12. The van der Waals surface area contributed by atoms with Gasteiger partial charge in [0.05, 0.1) is 11.2 Å². The first-order valence-corrected chi connectivity index (χ1v) is 7.10. The molecule has 1 amide bonds. The van der Waals surface area contributed by atoms with Gasteiger partial charge >= 0.3 is 7.12 Å². The van der Waals surface area contributed by atoms with Crippen LogP contribution in [0, 0.1) is 5.82 Å². The van der Waals surface area contributed by atoms with E-state index in [0.29, 0.717) is 12.0 Å². The van der Waals surface area contributed by atoms with Gasteiger partial charge in [-0.1, -0.05) is 0 Å². The minimum atomic E-state index is -0.682. The van der Waals surface area contributed by atoms with Crippen LogP contribution in [0.4, 0.5) is 4.39 Å². The van der Waals surface area contributed by atoms with E-state index in [1.807, 2.05) is 34.6 Å². The third-order valence-electron chi connectivity index (χ3n) is 4.05. The molecular formula is C15H21BFNO3. The average Bonchev–Trinajstić information content (AvgIpc) is 2.58. The van der Waals surface area contributed by atoms with E-state index in [-0.39, 0.29) is 11.5 Å². The van der Waals surface area contributed by atoms with E-state index >= 15 is 0 Å². The first-order chi connectivity index (χ1) is 9.66. The van der Waals surface area contributed by atoms with Gasteiger partial charge in [-0.25, -0.2) is 4.39 Å². The lowest BCUT2D eigenvalue weighted by Crippen LogP contribution is -2.41. The lowest BCUT2D eigenvalue weighted by molar-refractivity contribution is 0.00578. The summed E-state index contributed by atoms with van der Waals surface area (Å²) in [5.74, 6) is -0.793. The summed E-state index contributed by atoms with van der Waals surface area (Å²) in [6, 6.07) is 4.15. The summed E-state index contributed by atoms with van der Waals surface area (Å²) in [6.07, 6.45) is 0. The molecule has 0 radical (unpaired) electrons. The SMILES string of the molecule is CCNC(=O)c1cc(F)cc(B2OC(C)(C)C(C)(C)O2)c1. The molecule has 114 valence electrons. The molecule has 0 aromatic heterocycles. The predicted molar refractivity (Wildman–Crippen MR) is 80.1 cm³/mol. The highest BCUT2D eigenvalue weighted by Crippen LogP contribution is 2.36. The molecule has 1 heterocycles. The van der Waals surface area contributed by atoms with Gasteiger partial charge in [0.1, 0.15) is 5.82 Å². The van der Waals surface area contributed by atoms with Gasteiger partial charge in [0.2, 0.25) is 0 Å². The largest absolute Gasteiger partial charge is 0.494 e. The Kier molecular flexibility index (Phi) is 4.13. The normalized spacial score (nSPS) is 19.6. The van der Waals surface area contributed by atoms with Crippen LogP contribution in [0.1, 0.15) is 45.0 Å². The Bertz CT molecular complexity index is 544. The number of hydrogen-bond acceptors (Lipinski definition) is 3. The molecule has 1 saturated heterocycles. The van der Waals surface area contributed by atoms with Crippen LogP contribution >= 0.6 is 0 Å². The van der Waals surface area contributed by atoms with E-state index < -0.39 is 24.1 Å². The molecule has 0 saturated carbocycles. The van der Waals surface area contributed by atoms with Gasteiger partial charge in [-0.05, 0) is 58.3 Å². The highest BCUT2D eigenvalue weighted by atomic mass is 19.1. The van der Waals surface area contributed by atoms with E-state index in [1.165, 1.54) is 12.1 Å². The number of amides is 1. The monoisotopic (exact) mass is 293 g/mol. The molecule has 21 heavy (non-hydrogen) atoms. The Morgan fingerprint density at radius 2 is 1.76 bits per heavy atom. The van der Waals surface area contributed by atoms with Crippen molar-refractivity contribution in [1.29, 1.82) is 0 Å². The molecule has 0 atom stereocenters. The summed E-state index contributed by atoms with van der Waals surface area (Å²) in [4.78, 5) is 11.9. The fourth-order valence-electron chi connectivity index (χ4n) is 2.12. The van der Waals surface area contributed by atoms with Crippen molar-refractivity contribution in [2.75, 3.05) is 6.54 Å². The minimum absolute atomic E-state index is 0.265. The smallest absolute Gasteiger partial charge is 0.399 e. The van der Waals surface area contributed by atoms with Crippen LogP contribution < -0.4 is 10.8 Å². The third kappa shape index (κ3) is 3.11. The zero-order valence-corrected chi connectivity index (χ0v) is 13.1. The van der Waals surface area contributed by atoms with Crippen LogP contribution in [-0.2, 0) is 9.31 Å². The Morgan fingerprint density at radius 3 is 2.29 bits per heavy atom. The molecule has 4 nitrogen and oxygen atoms in total. The molecule has 2 rings (SSSR count). The molecule has 0 unspecified atom stereocenters. The van der Waals surface area contributed by atoms with Crippen LogP contribution in [0.15, 0.2) is 18.2 Å². The topological polar surface area (TPSA) is 47.6 Å². The van der Waals surface area contributed by atoms with Gasteiger partial charge in [0, 0.05) is 12.1 Å². The van der Waals surface area contributed by atoms with Gasteiger partial charge in [-0.3, -0.25) is 4.79 Å². The summed E-state index contributed by atoms with van der Waals surface area (Å²) < 4.78 is 25.5. The summed E-state index contributed by atoms with van der Waals surface area (Å²) in [6.45, 7) is 10.0. The van der Waals surface area contributed by atoms with Crippen molar-refractivity contribution in [3.8, 4) is 0 Å². The van der Waals surface area contributed by atoms with Crippen molar-refractivity contribution < 1.29 is 18.5 Å². The van der Waals surface area contributed by atoms with Crippen molar-refractivity contribution in [2.24, 2.45) is 0 Å². The lowest BCUT2D eigenvalue weighted by atomic mass is 9.78. The van der Waals surface area contributed by atoms with Crippen molar-refractivity contribution in [3.63, 3.8) is 0 Å². The molecule has 1 fully saturated rings. The number of carbonyl (C=O) groups is 1. The van der Waals surface area contributed by atoms with Gasteiger partial charge in [0.15, 0.2) is 0 Å². The number of nitrogens with one attached hydrogen (secondary N) is 1. The second-order valence-corrected chi connectivity index (χ2v) is 6.22. The molecule has 1 aliphatic heterocycles. The highest BCUT2D eigenvalue weighted by Gasteiger charge is 2.51. The number of carbonyl (C=O) groups excluding carboxylic acids is 1. The number of benzene rings is 1. The zero-order valence-electron chi connectivity index (χ0n) is 13.1. The van der Waals surface area contributed by atoms with E-state index in [0.717, 1.165) is 0 Å². The molecular weight excluding hydrogens is 272 g/mol. The van der Waals surface area contributed by atoms with Gasteiger partial charge < -0.3 is 14.6 Å². The van der Waals surface area contributed by atoms with Crippen molar-refractivity contribution >= 4 is 18.5 Å². The van der Waals surface area contributed by atoms with Gasteiger partial charge in [-0.15, -0.1) is 0 Å². The number of rotatable bonds is 3. The Balaban J connectivity index is 2.32. The Labute approximate surface area is 125 Å². The zero-order chi connectivity index (χ0) is 15.8. The first-order valence-electron chi connectivity index (χ1n) is 7.10. The third-order valence-corrected chi connectivity index (χ3v) is 4.05. The van der Waals surface area contributed by atoms with E-state index in [9.17, 15) is 9.18 Å². The van der Waals surface area contributed by atoms with Crippen LogP contribution in [0.2, 0.25) is 0 Å². The summed E-state index contributed by atoms with van der Waals surface area (Å²) in [5.41, 5.74) is -0.234. The van der Waals surface area contributed by atoms with Crippen molar-refractivity contribution in [2.45, 2.75) is 45.8 Å². The first kappa shape index (κ1) is 16.0. The minimum Gasteiger partial charge on any atom is -0.399 e. The quantitative estimate of drug-likeness (QED) is 0.866. The second-order valence-electron chi connectivity index (χ2n) is 6.22. The molecule has 0 bridgehead atoms.